The first-order valence-corrected chi connectivity index (χ1v) is 10.9. The Bertz CT molecular complexity index is 1130. The number of hydrogen-bond acceptors (Lipinski definition) is 7. The van der Waals surface area contributed by atoms with Crippen LogP contribution >= 0.6 is 0 Å². The van der Waals surface area contributed by atoms with Crippen LogP contribution in [0.5, 0.6) is 11.5 Å². The van der Waals surface area contributed by atoms with Crippen molar-refractivity contribution in [3.63, 3.8) is 0 Å². The number of hydrogen-bond donors (Lipinski definition) is 0. The van der Waals surface area contributed by atoms with Crippen molar-refractivity contribution >= 4 is 5.91 Å². The highest BCUT2D eigenvalue weighted by molar-refractivity contribution is 5.98. The Hall–Kier alpha value is -3.53. The smallest absolute Gasteiger partial charge is 0.387 e. The van der Waals surface area contributed by atoms with Crippen molar-refractivity contribution in [1.82, 2.24) is 19.9 Å². The zero-order valence-electron chi connectivity index (χ0n) is 19.2. The van der Waals surface area contributed by atoms with Crippen molar-refractivity contribution < 1.29 is 27.6 Å². The number of ether oxygens (including phenoxy) is 2. The van der Waals surface area contributed by atoms with Gasteiger partial charge in [-0.3, -0.25) is 9.69 Å². The second-order valence-electron chi connectivity index (χ2n) is 8.04. The molecule has 1 aliphatic heterocycles. The van der Waals surface area contributed by atoms with Gasteiger partial charge < -0.3 is 18.9 Å². The normalized spacial score (nSPS) is 15.4. The quantitative estimate of drug-likeness (QED) is 0.510. The molecule has 8 nitrogen and oxygen atoms in total. The minimum Gasteiger partial charge on any atom is -0.493 e. The number of para-hydroxylation sites is 1. The number of methoxy groups -OCH3 is 1. The number of alkyl halides is 2. The maximum Gasteiger partial charge on any atom is 0.387 e. The highest BCUT2D eigenvalue weighted by Gasteiger charge is 2.30. The van der Waals surface area contributed by atoms with Crippen molar-refractivity contribution in [2.75, 3.05) is 33.3 Å². The summed E-state index contributed by atoms with van der Waals surface area (Å²) in [7, 11) is 1.34. The number of amides is 1. The topological polar surface area (TPSA) is 80.9 Å². The molecule has 0 radical (unpaired) electrons. The van der Waals surface area contributed by atoms with Crippen LogP contribution in [0.2, 0.25) is 0 Å². The average molecular weight is 472 g/mol. The Morgan fingerprint density at radius 2 is 1.79 bits per heavy atom. The molecule has 2 heterocycles. The predicted octanol–water partition coefficient (Wildman–Crippen LogP) is 4.17. The molecule has 1 amide bonds. The molecule has 3 aromatic rings. The number of carbonyl (C=O) groups is 1. The van der Waals surface area contributed by atoms with E-state index in [2.05, 4.69) is 19.8 Å². The number of aryl methyl sites for hydroxylation is 1. The second-order valence-corrected chi connectivity index (χ2v) is 8.04. The van der Waals surface area contributed by atoms with Gasteiger partial charge in [-0.15, -0.1) is 0 Å². The SMILES string of the molecule is COc1cccc(C(=O)N2CCN(C(C)c3nc(-c4ccc(C)cc4)no3)CC2)c1OC(F)F. The Morgan fingerprint density at radius 1 is 1.09 bits per heavy atom. The first-order chi connectivity index (χ1) is 16.4. The van der Waals surface area contributed by atoms with Crippen LogP contribution in [0.1, 0.15) is 34.8 Å². The number of aromatic nitrogens is 2. The molecule has 2 aromatic carbocycles. The summed E-state index contributed by atoms with van der Waals surface area (Å²) in [5.41, 5.74) is 2.07. The summed E-state index contributed by atoms with van der Waals surface area (Å²) >= 11 is 0. The molecule has 1 aliphatic rings. The lowest BCUT2D eigenvalue weighted by atomic mass is 10.1. The third-order valence-corrected chi connectivity index (χ3v) is 5.89. The third-order valence-electron chi connectivity index (χ3n) is 5.89. The minimum atomic E-state index is -3.07. The maximum absolute atomic E-state index is 13.1. The number of halogens is 2. The van der Waals surface area contributed by atoms with Gasteiger partial charge in [-0.2, -0.15) is 13.8 Å². The first-order valence-electron chi connectivity index (χ1n) is 10.9. The van der Waals surface area contributed by atoms with Crippen molar-refractivity contribution in [2.45, 2.75) is 26.5 Å². The van der Waals surface area contributed by atoms with Crippen LogP contribution in [-0.2, 0) is 0 Å². The van der Waals surface area contributed by atoms with Gasteiger partial charge in [-0.1, -0.05) is 41.1 Å². The molecule has 1 atom stereocenters. The van der Waals surface area contributed by atoms with E-state index in [0.717, 1.165) is 11.1 Å². The third kappa shape index (κ3) is 5.01. The summed E-state index contributed by atoms with van der Waals surface area (Å²) < 4.78 is 41.0. The first kappa shape index (κ1) is 23.6. The zero-order valence-corrected chi connectivity index (χ0v) is 19.2. The van der Waals surface area contributed by atoms with Crippen LogP contribution in [0.4, 0.5) is 8.78 Å². The summed E-state index contributed by atoms with van der Waals surface area (Å²) in [6.07, 6.45) is 0. The molecule has 1 aromatic heterocycles. The van der Waals surface area contributed by atoms with Gasteiger partial charge in [-0.25, -0.2) is 0 Å². The van der Waals surface area contributed by atoms with Gasteiger partial charge in [0.1, 0.15) is 0 Å². The van der Waals surface area contributed by atoms with E-state index in [1.807, 2.05) is 38.1 Å². The number of carbonyl (C=O) groups excluding carboxylic acids is 1. The van der Waals surface area contributed by atoms with Gasteiger partial charge in [0.2, 0.25) is 11.7 Å². The molecular weight excluding hydrogens is 446 g/mol. The number of piperazine rings is 1. The van der Waals surface area contributed by atoms with Crippen molar-refractivity contribution in [1.29, 1.82) is 0 Å². The van der Waals surface area contributed by atoms with Crippen LogP contribution in [-0.4, -0.2) is 65.7 Å². The predicted molar refractivity (Wildman–Crippen MR) is 120 cm³/mol. The summed E-state index contributed by atoms with van der Waals surface area (Å²) in [5.74, 6) is 0.465. The second kappa shape index (κ2) is 10.2. The minimum absolute atomic E-state index is 0.0424. The Labute approximate surface area is 196 Å². The molecule has 10 heteroatoms. The Balaban J connectivity index is 1.42. The maximum atomic E-state index is 13.1. The summed E-state index contributed by atoms with van der Waals surface area (Å²) in [6.45, 7) is 2.86. The molecule has 1 unspecified atom stereocenters. The van der Waals surface area contributed by atoms with E-state index in [4.69, 9.17) is 9.26 Å². The molecule has 4 rings (SSSR count). The summed E-state index contributed by atoms with van der Waals surface area (Å²) in [4.78, 5) is 21.4. The molecule has 0 spiro atoms. The summed E-state index contributed by atoms with van der Waals surface area (Å²) in [5, 5.41) is 4.10. The highest BCUT2D eigenvalue weighted by atomic mass is 19.3. The van der Waals surface area contributed by atoms with E-state index < -0.39 is 6.61 Å². The van der Waals surface area contributed by atoms with Crippen LogP contribution in [0.3, 0.4) is 0 Å². The monoisotopic (exact) mass is 472 g/mol. The van der Waals surface area contributed by atoms with Gasteiger partial charge in [0.05, 0.1) is 18.7 Å². The van der Waals surface area contributed by atoms with E-state index in [-0.39, 0.29) is 29.0 Å². The molecule has 180 valence electrons. The van der Waals surface area contributed by atoms with Crippen LogP contribution in [0.15, 0.2) is 47.0 Å². The standard InChI is InChI=1S/C24H26F2N4O4/c1-15-7-9-17(10-8-15)21-27-22(34-28-21)16(2)29-11-13-30(14-12-29)23(31)18-5-4-6-19(32-3)20(18)33-24(25)26/h4-10,16,24H,11-14H2,1-3H3. The number of rotatable bonds is 7. The molecule has 0 N–H and O–H groups in total. The van der Waals surface area contributed by atoms with Gasteiger partial charge >= 0.3 is 6.61 Å². The fourth-order valence-corrected chi connectivity index (χ4v) is 3.92. The molecule has 0 saturated carbocycles. The lowest BCUT2D eigenvalue weighted by Gasteiger charge is -2.37. The molecule has 1 saturated heterocycles. The Kier molecular flexibility index (Phi) is 7.06. The van der Waals surface area contributed by atoms with Crippen molar-refractivity contribution in [2.24, 2.45) is 0 Å². The highest BCUT2D eigenvalue weighted by Crippen LogP contribution is 2.33. The van der Waals surface area contributed by atoms with E-state index in [9.17, 15) is 13.6 Å². The largest absolute Gasteiger partial charge is 0.493 e. The molecular formula is C24H26F2N4O4. The molecule has 0 bridgehead atoms. The lowest BCUT2D eigenvalue weighted by molar-refractivity contribution is -0.0517. The van der Waals surface area contributed by atoms with Crippen LogP contribution in [0.25, 0.3) is 11.4 Å². The van der Waals surface area contributed by atoms with Crippen molar-refractivity contribution in [3.8, 4) is 22.9 Å². The van der Waals surface area contributed by atoms with Gasteiger partial charge in [0.15, 0.2) is 11.5 Å². The van der Waals surface area contributed by atoms with Gasteiger partial charge in [-0.05, 0) is 26.0 Å². The fourth-order valence-electron chi connectivity index (χ4n) is 3.92. The zero-order chi connectivity index (χ0) is 24.2. The van der Waals surface area contributed by atoms with Crippen molar-refractivity contribution in [3.05, 3.63) is 59.5 Å². The Morgan fingerprint density at radius 3 is 2.44 bits per heavy atom. The number of benzene rings is 2. The van der Waals surface area contributed by atoms with Crippen LogP contribution in [0, 0.1) is 6.92 Å². The fraction of sp³-hybridized carbons (Fsp3) is 0.375. The molecule has 34 heavy (non-hydrogen) atoms. The van der Waals surface area contributed by atoms with Crippen LogP contribution < -0.4 is 9.47 Å². The van der Waals surface area contributed by atoms with E-state index in [0.29, 0.717) is 37.9 Å². The lowest BCUT2D eigenvalue weighted by Crippen LogP contribution is -2.49. The van der Waals surface area contributed by atoms with Gasteiger partial charge in [0.25, 0.3) is 5.91 Å². The van der Waals surface area contributed by atoms with E-state index in [1.54, 1.807) is 11.0 Å². The molecule has 0 aliphatic carbocycles. The summed E-state index contributed by atoms with van der Waals surface area (Å²) in [6, 6.07) is 12.2. The number of nitrogens with zero attached hydrogens (tertiary/aromatic N) is 4. The van der Waals surface area contributed by atoms with E-state index in [1.165, 1.54) is 19.2 Å². The van der Waals surface area contributed by atoms with E-state index >= 15 is 0 Å². The van der Waals surface area contributed by atoms with Gasteiger partial charge in [0, 0.05) is 31.7 Å². The molecule has 1 fully saturated rings. The average Bonchev–Trinajstić information content (AvgIpc) is 3.34.